The zero-order chi connectivity index (χ0) is 26.9. The van der Waals surface area contributed by atoms with Crippen molar-refractivity contribution in [2.75, 3.05) is 18.0 Å². The van der Waals surface area contributed by atoms with E-state index in [2.05, 4.69) is 46.5 Å². The van der Waals surface area contributed by atoms with Crippen molar-refractivity contribution in [3.8, 4) is 11.4 Å². The Morgan fingerprint density at radius 2 is 1.87 bits per heavy atom. The number of hydrogen-bond acceptors (Lipinski definition) is 6. The van der Waals surface area contributed by atoms with Gasteiger partial charge in [-0.25, -0.2) is 14.8 Å². The second-order valence-corrected chi connectivity index (χ2v) is 10.5. The van der Waals surface area contributed by atoms with E-state index in [0.717, 1.165) is 64.9 Å². The monoisotopic (exact) mass is 523 g/mol. The Morgan fingerprint density at radius 3 is 2.64 bits per heavy atom. The number of aromatic nitrogens is 4. The minimum atomic E-state index is -0.378. The molecule has 0 spiro atoms. The molecular formula is C30H33N7O2. The summed E-state index contributed by atoms with van der Waals surface area (Å²) in [7, 11) is 0. The lowest BCUT2D eigenvalue weighted by atomic mass is 9.81. The predicted octanol–water partition coefficient (Wildman–Crippen LogP) is 5.55. The van der Waals surface area contributed by atoms with E-state index < -0.39 is 0 Å². The van der Waals surface area contributed by atoms with Gasteiger partial charge in [-0.15, -0.1) is 0 Å². The molecule has 1 fully saturated rings. The molecule has 3 aromatic heterocycles. The summed E-state index contributed by atoms with van der Waals surface area (Å²) in [6, 6.07) is 18.0. The normalized spacial score (nSPS) is 17.5. The Kier molecular flexibility index (Phi) is 6.56. The number of aromatic amines is 1. The molecule has 0 radical (unpaired) electrons. The van der Waals surface area contributed by atoms with Crippen LogP contribution in [0.4, 0.5) is 16.4 Å². The number of para-hydroxylation sites is 1. The van der Waals surface area contributed by atoms with Gasteiger partial charge in [-0.05, 0) is 55.7 Å². The van der Waals surface area contributed by atoms with Gasteiger partial charge in [0.2, 0.25) is 0 Å². The highest BCUT2D eigenvalue weighted by Crippen LogP contribution is 2.39. The fraction of sp³-hybridized carbons (Fsp3) is 0.300. The first-order valence-electron chi connectivity index (χ1n) is 13.4. The van der Waals surface area contributed by atoms with Crippen molar-refractivity contribution in [2.45, 2.75) is 45.1 Å². The second kappa shape index (κ2) is 10.3. The van der Waals surface area contributed by atoms with Crippen molar-refractivity contribution < 1.29 is 9.53 Å². The molecule has 0 unspecified atom stereocenters. The van der Waals surface area contributed by atoms with Gasteiger partial charge in [0.25, 0.3) is 0 Å². The third kappa shape index (κ3) is 4.99. The van der Waals surface area contributed by atoms with Crippen molar-refractivity contribution in [3.05, 3.63) is 77.7 Å². The van der Waals surface area contributed by atoms with Gasteiger partial charge in [-0.2, -0.15) is 0 Å². The molecule has 0 bridgehead atoms. The summed E-state index contributed by atoms with van der Waals surface area (Å²) in [5, 5.41) is 4.07. The van der Waals surface area contributed by atoms with E-state index in [0.29, 0.717) is 24.1 Å². The van der Waals surface area contributed by atoms with Crippen molar-refractivity contribution in [1.82, 2.24) is 24.7 Å². The number of rotatable bonds is 6. The Morgan fingerprint density at radius 1 is 1.08 bits per heavy atom. The average molecular weight is 524 g/mol. The zero-order valence-corrected chi connectivity index (χ0v) is 22.0. The Labute approximate surface area is 226 Å². The van der Waals surface area contributed by atoms with Crippen LogP contribution in [0.3, 0.4) is 0 Å². The van der Waals surface area contributed by atoms with E-state index >= 15 is 0 Å². The summed E-state index contributed by atoms with van der Waals surface area (Å²) < 4.78 is 7.38. The van der Waals surface area contributed by atoms with Gasteiger partial charge in [0, 0.05) is 23.4 Å². The van der Waals surface area contributed by atoms with Gasteiger partial charge in [-0.1, -0.05) is 48.5 Å². The second-order valence-electron chi connectivity index (χ2n) is 10.5. The third-order valence-electron chi connectivity index (χ3n) is 7.77. The van der Waals surface area contributed by atoms with Crippen LogP contribution in [0.25, 0.3) is 27.8 Å². The molecule has 39 heavy (non-hydrogen) atoms. The Balaban J connectivity index is 1.17. The number of carbonyl (C=O) groups excluding carboxylic acids is 1. The molecule has 0 atom stereocenters. The molecule has 1 aliphatic carbocycles. The van der Waals surface area contributed by atoms with Crippen LogP contribution in [0, 0.1) is 12.8 Å². The quantitative estimate of drug-likeness (QED) is 0.230. The van der Waals surface area contributed by atoms with Gasteiger partial charge in [0.1, 0.15) is 29.5 Å². The maximum Gasteiger partial charge on any atom is 0.407 e. The standard InChI is InChI=1S/C30H33N7O2/c1-18-6-5-9-22-14-23(34-25(18)22)26-27-28(32)35-24(31)16-37(27)29(36-26)21-12-10-19(11-13-21)15-33-30(38)39-17-20-7-3-2-4-8-20/h2-9,14,16,19,21,34H,10-13,15,17,31H2,1H3,(H2,32,35)(H,33,38). The van der Waals surface area contributed by atoms with Crippen LogP contribution in [-0.4, -0.2) is 32.0 Å². The highest BCUT2D eigenvalue weighted by atomic mass is 16.5. The van der Waals surface area contributed by atoms with Crippen molar-refractivity contribution in [2.24, 2.45) is 5.92 Å². The lowest BCUT2D eigenvalue weighted by molar-refractivity contribution is 0.136. The van der Waals surface area contributed by atoms with Crippen LogP contribution in [-0.2, 0) is 11.3 Å². The number of nitrogens with two attached hydrogens (primary N) is 2. The molecule has 200 valence electrons. The number of nitrogens with zero attached hydrogens (tertiary/aromatic N) is 3. The molecule has 1 saturated carbocycles. The number of H-pyrrole nitrogens is 1. The maximum absolute atomic E-state index is 12.2. The average Bonchev–Trinajstić information content (AvgIpc) is 3.55. The fourth-order valence-corrected chi connectivity index (χ4v) is 5.72. The molecule has 0 saturated heterocycles. The third-order valence-corrected chi connectivity index (χ3v) is 7.77. The Hall–Kier alpha value is -4.53. The van der Waals surface area contributed by atoms with E-state index in [9.17, 15) is 4.79 Å². The first-order valence-corrected chi connectivity index (χ1v) is 13.4. The van der Waals surface area contributed by atoms with Crippen molar-refractivity contribution in [3.63, 3.8) is 0 Å². The minimum absolute atomic E-state index is 0.250. The van der Waals surface area contributed by atoms with Gasteiger partial charge < -0.3 is 26.5 Å². The minimum Gasteiger partial charge on any atom is -0.445 e. The number of hydrogen-bond donors (Lipinski definition) is 4. The summed E-state index contributed by atoms with van der Waals surface area (Å²) in [5.41, 5.74) is 18.2. The number of anilines is 2. The molecule has 9 heteroatoms. The lowest BCUT2D eigenvalue weighted by Gasteiger charge is -2.28. The molecule has 1 aliphatic rings. The van der Waals surface area contributed by atoms with Crippen LogP contribution in [0.1, 0.15) is 48.6 Å². The van der Waals surface area contributed by atoms with Crippen LogP contribution in [0.15, 0.2) is 60.8 Å². The molecule has 3 heterocycles. The highest BCUT2D eigenvalue weighted by molar-refractivity contribution is 5.92. The number of nitrogen functional groups attached to an aromatic ring is 2. The van der Waals surface area contributed by atoms with Crippen LogP contribution in [0.5, 0.6) is 0 Å². The van der Waals surface area contributed by atoms with Crippen LogP contribution < -0.4 is 16.8 Å². The van der Waals surface area contributed by atoms with E-state index in [1.54, 1.807) is 0 Å². The first kappa shape index (κ1) is 24.8. The SMILES string of the molecule is Cc1cccc2cc(-c3nc(C4CCC(CNC(=O)OCc5ccccc5)CC4)n4cc(N)nc(N)c34)[nH]c12. The largest absolute Gasteiger partial charge is 0.445 e. The summed E-state index contributed by atoms with van der Waals surface area (Å²) >= 11 is 0. The number of nitrogens with one attached hydrogen (secondary N) is 2. The summed E-state index contributed by atoms with van der Waals surface area (Å²) in [5.74, 6) is 2.32. The van der Waals surface area contributed by atoms with E-state index in [4.69, 9.17) is 21.2 Å². The number of amides is 1. The first-order chi connectivity index (χ1) is 19.0. The lowest BCUT2D eigenvalue weighted by Crippen LogP contribution is -2.31. The van der Waals surface area contributed by atoms with E-state index in [1.165, 1.54) is 5.56 Å². The fourth-order valence-electron chi connectivity index (χ4n) is 5.72. The number of imidazole rings is 1. The van der Waals surface area contributed by atoms with Gasteiger partial charge in [-0.3, -0.25) is 4.40 Å². The number of ether oxygens (including phenoxy) is 1. The molecule has 9 nitrogen and oxygen atoms in total. The molecule has 1 amide bonds. The van der Waals surface area contributed by atoms with Gasteiger partial charge in [0.05, 0.1) is 11.9 Å². The molecule has 2 aromatic carbocycles. The number of carbonyl (C=O) groups is 1. The number of benzene rings is 2. The number of fused-ring (bicyclic) bond motifs is 2. The van der Waals surface area contributed by atoms with Crippen molar-refractivity contribution in [1.29, 1.82) is 0 Å². The maximum atomic E-state index is 12.2. The Bertz CT molecular complexity index is 1630. The molecular weight excluding hydrogens is 490 g/mol. The molecule has 5 aromatic rings. The molecule has 0 aliphatic heterocycles. The van der Waals surface area contributed by atoms with Crippen LogP contribution in [0.2, 0.25) is 0 Å². The summed E-state index contributed by atoms with van der Waals surface area (Å²) in [6.07, 6.45) is 5.32. The van der Waals surface area contributed by atoms with Crippen LogP contribution >= 0.6 is 0 Å². The summed E-state index contributed by atoms with van der Waals surface area (Å²) in [4.78, 5) is 25.2. The highest BCUT2D eigenvalue weighted by Gasteiger charge is 2.28. The molecule has 6 N–H and O–H groups in total. The number of aryl methyl sites for hydroxylation is 1. The van der Waals surface area contributed by atoms with Crippen molar-refractivity contribution >= 4 is 34.1 Å². The number of alkyl carbamates (subject to hydrolysis) is 1. The smallest absolute Gasteiger partial charge is 0.407 e. The van der Waals surface area contributed by atoms with Gasteiger partial charge >= 0.3 is 6.09 Å². The zero-order valence-electron chi connectivity index (χ0n) is 22.0. The van der Waals surface area contributed by atoms with E-state index in [-0.39, 0.29) is 18.6 Å². The van der Waals surface area contributed by atoms with E-state index in [1.807, 2.05) is 40.9 Å². The molecule has 6 rings (SSSR count). The summed E-state index contributed by atoms with van der Waals surface area (Å²) in [6.45, 7) is 2.96. The topological polar surface area (TPSA) is 136 Å². The predicted molar refractivity (Wildman–Crippen MR) is 153 cm³/mol. The van der Waals surface area contributed by atoms with Gasteiger partial charge in [0.15, 0.2) is 5.82 Å².